The first-order chi connectivity index (χ1) is 8.79. The SMILES string of the molecule is COc1cc(C(N)CCCC2CCCO2)ncn1. The average Bonchev–Trinajstić information content (AvgIpc) is 2.92. The highest BCUT2D eigenvalue weighted by atomic mass is 16.5. The fourth-order valence-corrected chi connectivity index (χ4v) is 2.25. The zero-order chi connectivity index (χ0) is 12.8. The van der Waals surface area contributed by atoms with Gasteiger partial charge in [-0.3, -0.25) is 0 Å². The maximum absolute atomic E-state index is 6.12. The molecule has 0 radical (unpaired) electrons. The van der Waals surface area contributed by atoms with Crippen molar-refractivity contribution in [3.8, 4) is 5.88 Å². The molecule has 1 saturated heterocycles. The minimum atomic E-state index is -0.0525. The number of nitrogens with zero attached hydrogens (tertiary/aromatic N) is 2. The van der Waals surface area contributed by atoms with Gasteiger partial charge in [0.15, 0.2) is 0 Å². The predicted molar refractivity (Wildman–Crippen MR) is 68.3 cm³/mol. The first kappa shape index (κ1) is 13.2. The lowest BCUT2D eigenvalue weighted by molar-refractivity contribution is 0.101. The van der Waals surface area contributed by atoms with Gasteiger partial charge in [0.2, 0.25) is 5.88 Å². The summed E-state index contributed by atoms with van der Waals surface area (Å²) in [6.45, 7) is 0.916. The van der Waals surface area contributed by atoms with Gasteiger partial charge in [0, 0.05) is 18.7 Å². The maximum atomic E-state index is 6.12. The second-order valence-electron chi connectivity index (χ2n) is 4.66. The van der Waals surface area contributed by atoms with Crippen molar-refractivity contribution < 1.29 is 9.47 Å². The fourth-order valence-electron chi connectivity index (χ4n) is 2.25. The molecule has 5 heteroatoms. The van der Waals surface area contributed by atoms with Gasteiger partial charge in [-0.05, 0) is 32.1 Å². The molecule has 5 nitrogen and oxygen atoms in total. The van der Waals surface area contributed by atoms with Crippen LogP contribution in [-0.2, 0) is 4.74 Å². The Morgan fingerprint density at radius 3 is 3.17 bits per heavy atom. The second kappa shape index (κ2) is 6.66. The molecular formula is C13H21N3O2. The first-order valence-electron chi connectivity index (χ1n) is 6.52. The fraction of sp³-hybridized carbons (Fsp3) is 0.692. The van der Waals surface area contributed by atoms with Crippen LogP contribution in [0.15, 0.2) is 12.4 Å². The average molecular weight is 251 g/mol. The minimum Gasteiger partial charge on any atom is -0.481 e. The van der Waals surface area contributed by atoms with Crippen molar-refractivity contribution >= 4 is 0 Å². The van der Waals surface area contributed by atoms with Crippen LogP contribution in [0.5, 0.6) is 5.88 Å². The summed E-state index contributed by atoms with van der Waals surface area (Å²) in [5.74, 6) is 0.564. The quantitative estimate of drug-likeness (QED) is 0.835. The number of hydrogen-bond acceptors (Lipinski definition) is 5. The molecule has 2 unspecified atom stereocenters. The van der Waals surface area contributed by atoms with Crippen LogP contribution in [0.4, 0.5) is 0 Å². The van der Waals surface area contributed by atoms with E-state index < -0.39 is 0 Å². The minimum absolute atomic E-state index is 0.0525. The van der Waals surface area contributed by atoms with Gasteiger partial charge < -0.3 is 15.2 Å². The first-order valence-corrected chi connectivity index (χ1v) is 6.52. The Kier molecular flexibility index (Phi) is 4.90. The number of nitrogens with two attached hydrogens (primary N) is 1. The Morgan fingerprint density at radius 2 is 2.44 bits per heavy atom. The summed E-state index contributed by atoms with van der Waals surface area (Å²) < 4.78 is 10.7. The molecule has 1 fully saturated rings. The van der Waals surface area contributed by atoms with Crippen LogP contribution in [0.3, 0.4) is 0 Å². The van der Waals surface area contributed by atoms with Crippen LogP contribution in [0.2, 0.25) is 0 Å². The molecule has 0 aromatic carbocycles. The van der Waals surface area contributed by atoms with E-state index in [1.165, 1.54) is 19.2 Å². The van der Waals surface area contributed by atoms with Crippen LogP contribution in [0.1, 0.15) is 43.8 Å². The number of ether oxygens (including phenoxy) is 2. The molecule has 0 spiro atoms. The molecule has 1 aliphatic heterocycles. The third kappa shape index (κ3) is 3.65. The molecule has 18 heavy (non-hydrogen) atoms. The molecule has 2 atom stereocenters. The van der Waals surface area contributed by atoms with E-state index in [4.69, 9.17) is 15.2 Å². The van der Waals surface area contributed by atoms with Crippen LogP contribution < -0.4 is 10.5 Å². The van der Waals surface area contributed by atoms with Crippen LogP contribution in [0.25, 0.3) is 0 Å². The van der Waals surface area contributed by atoms with Gasteiger partial charge in [-0.15, -0.1) is 0 Å². The molecule has 0 saturated carbocycles. The molecule has 1 aromatic heterocycles. The molecule has 0 aliphatic carbocycles. The molecule has 2 N–H and O–H groups in total. The third-order valence-electron chi connectivity index (χ3n) is 3.32. The van der Waals surface area contributed by atoms with E-state index in [0.717, 1.165) is 31.6 Å². The van der Waals surface area contributed by atoms with Crippen molar-refractivity contribution in [1.82, 2.24) is 9.97 Å². The molecule has 2 heterocycles. The lowest BCUT2D eigenvalue weighted by atomic mass is 10.0. The molecule has 1 aromatic rings. The Morgan fingerprint density at radius 1 is 1.56 bits per heavy atom. The number of hydrogen-bond donors (Lipinski definition) is 1. The van der Waals surface area contributed by atoms with Crippen molar-refractivity contribution in [3.05, 3.63) is 18.1 Å². The summed E-state index contributed by atoms with van der Waals surface area (Å²) in [4.78, 5) is 8.17. The lowest BCUT2D eigenvalue weighted by Crippen LogP contribution is -2.14. The summed E-state index contributed by atoms with van der Waals surface area (Å²) >= 11 is 0. The van der Waals surface area contributed by atoms with E-state index >= 15 is 0 Å². The molecular weight excluding hydrogens is 230 g/mol. The van der Waals surface area contributed by atoms with E-state index in [2.05, 4.69) is 9.97 Å². The molecule has 1 aliphatic rings. The van der Waals surface area contributed by atoms with Gasteiger partial charge in [0.05, 0.1) is 18.9 Å². The van der Waals surface area contributed by atoms with E-state index in [1.54, 1.807) is 13.2 Å². The van der Waals surface area contributed by atoms with Crippen LogP contribution in [0, 0.1) is 0 Å². The summed E-state index contributed by atoms with van der Waals surface area (Å²) in [6.07, 6.45) is 7.40. The zero-order valence-electron chi connectivity index (χ0n) is 10.8. The van der Waals surface area contributed by atoms with Crippen LogP contribution >= 0.6 is 0 Å². The highest BCUT2D eigenvalue weighted by Crippen LogP contribution is 2.21. The third-order valence-corrected chi connectivity index (χ3v) is 3.32. The summed E-state index contributed by atoms with van der Waals surface area (Å²) in [5.41, 5.74) is 6.96. The summed E-state index contributed by atoms with van der Waals surface area (Å²) in [5, 5.41) is 0. The van der Waals surface area contributed by atoms with E-state index in [1.807, 2.05) is 0 Å². The monoisotopic (exact) mass is 251 g/mol. The van der Waals surface area contributed by atoms with Crippen molar-refractivity contribution in [2.45, 2.75) is 44.2 Å². The topological polar surface area (TPSA) is 70.3 Å². The molecule has 100 valence electrons. The normalized spacial score (nSPS) is 20.9. The zero-order valence-corrected chi connectivity index (χ0v) is 10.8. The Balaban J connectivity index is 1.77. The van der Waals surface area contributed by atoms with Gasteiger partial charge in [0.25, 0.3) is 0 Å². The van der Waals surface area contributed by atoms with Crippen LogP contribution in [-0.4, -0.2) is 29.8 Å². The highest BCUT2D eigenvalue weighted by molar-refractivity contribution is 5.16. The van der Waals surface area contributed by atoms with Crippen molar-refractivity contribution in [2.24, 2.45) is 5.73 Å². The predicted octanol–water partition coefficient (Wildman–Crippen LogP) is 1.83. The van der Waals surface area contributed by atoms with Gasteiger partial charge in [-0.2, -0.15) is 0 Å². The largest absolute Gasteiger partial charge is 0.481 e. The number of methoxy groups -OCH3 is 1. The molecule has 0 amide bonds. The number of rotatable bonds is 6. The number of aromatic nitrogens is 2. The Hall–Kier alpha value is -1.20. The summed E-state index contributed by atoms with van der Waals surface area (Å²) in [6, 6.07) is 1.75. The van der Waals surface area contributed by atoms with Gasteiger partial charge in [0.1, 0.15) is 6.33 Å². The smallest absolute Gasteiger partial charge is 0.216 e. The van der Waals surface area contributed by atoms with E-state index in [9.17, 15) is 0 Å². The summed E-state index contributed by atoms with van der Waals surface area (Å²) in [7, 11) is 1.59. The highest BCUT2D eigenvalue weighted by Gasteiger charge is 2.16. The second-order valence-corrected chi connectivity index (χ2v) is 4.66. The van der Waals surface area contributed by atoms with E-state index in [0.29, 0.717) is 12.0 Å². The standard InChI is InChI=1S/C13H21N3O2/c1-17-13-8-12(15-9-16-13)11(14)6-2-4-10-5-3-7-18-10/h8-11H,2-7,14H2,1H3. The van der Waals surface area contributed by atoms with Crippen molar-refractivity contribution in [1.29, 1.82) is 0 Å². The van der Waals surface area contributed by atoms with Crippen molar-refractivity contribution in [2.75, 3.05) is 13.7 Å². The maximum Gasteiger partial charge on any atom is 0.216 e. The van der Waals surface area contributed by atoms with Crippen molar-refractivity contribution in [3.63, 3.8) is 0 Å². The van der Waals surface area contributed by atoms with E-state index in [-0.39, 0.29) is 6.04 Å². The molecule has 0 bridgehead atoms. The van der Waals surface area contributed by atoms with Gasteiger partial charge in [-0.1, -0.05) is 0 Å². The van der Waals surface area contributed by atoms with Gasteiger partial charge >= 0.3 is 0 Å². The Bertz CT molecular complexity index is 367. The Labute approximate surface area is 108 Å². The molecule has 2 rings (SSSR count). The van der Waals surface area contributed by atoms with Gasteiger partial charge in [-0.25, -0.2) is 9.97 Å². The lowest BCUT2D eigenvalue weighted by Gasteiger charge is -2.13.